The van der Waals surface area contributed by atoms with E-state index < -0.39 is 0 Å². The van der Waals surface area contributed by atoms with E-state index in [4.69, 9.17) is 4.98 Å². The Morgan fingerprint density at radius 2 is 2.28 bits per heavy atom. The largest absolute Gasteiger partial charge is 0.345 e. The fourth-order valence-corrected chi connectivity index (χ4v) is 3.40. The van der Waals surface area contributed by atoms with Gasteiger partial charge in [-0.3, -0.25) is 0 Å². The van der Waals surface area contributed by atoms with Gasteiger partial charge in [-0.05, 0) is 13.5 Å². The van der Waals surface area contributed by atoms with E-state index in [1.54, 1.807) is 22.7 Å². The molecule has 18 heavy (non-hydrogen) atoms. The first kappa shape index (κ1) is 13.5. The molecular weight excluding hydrogens is 264 g/mol. The Morgan fingerprint density at radius 3 is 2.89 bits per heavy atom. The van der Waals surface area contributed by atoms with Crippen LogP contribution in [0.1, 0.15) is 23.2 Å². The SMILES string of the molecule is CCc1nc(N(C)Cc2cscn2)sc1CNC. The number of nitrogens with one attached hydrogen (secondary N) is 1. The Bertz CT molecular complexity index is 478. The van der Waals surface area contributed by atoms with E-state index in [1.165, 1.54) is 10.6 Å². The summed E-state index contributed by atoms with van der Waals surface area (Å²) in [5, 5.41) is 6.35. The summed E-state index contributed by atoms with van der Waals surface area (Å²) >= 11 is 3.40. The Morgan fingerprint density at radius 1 is 1.44 bits per heavy atom. The fraction of sp³-hybridized carbons (Fsp3) is 0.500. The van der Waals surface area contributed by atoms with Gasteiger partial charge in [-0.25, -0.2) is 9.97 Å². The van der Waals surface area contributed by atoms with Gasteiger partial charge in [0, 0.05) is 23.8 Å². The van der Waals surface area contributed by atoms with Crippen LogP contribution in [-0.4, -0.2) is 24.1 Å². The molecule has 4 nitrogen and oxygen atoms in total. The van der Waals surface area contributed by atoms with Crippen molar-refractivity contribution in [2.24, 2.45) is 0 Å². The first-order chi connectivity index (χ1) is 8.74. The highest BCUT2D eigenvalue weighted by molar-refractivity contribution is 7.15. The molecular formula is C12H18N4S2. The van der Waals surface area contributed by atoms with Crippen LogP contribution in [0.5, 0.6) is 0 Å². The average molecular weight is 282 g/mol. The predicted octanol–water partition coefficient (Wildman–Crippen LogP) is 2.52. The third-order valence-corrected chi connectivity index (χ3v) is 4.50. The minimum absolute atomic E-state index is 0.819. The van der Waals surface area contributed by atoms with Crippen LogP contribution in [0.15, 0.2) is 10.9 Å². The molecule has 0 aromatic carbocycles. The molecule has 1 N–H and O–H groups in total. The van der Waals surface area contributed by atoms with Gasteiger partial charge in [0.05, 0.1) is 23.4 Å². The second-order valence-electron chi connectivity index (χ2n) is 4.09. The molecule has 0 saturated carbocycles. The van der Waals surface area contributed by atoms with Crippen molar-refractivity contribution >= 4 is 27.8 Å². The summed E-state index contributed by atoms with van der Waals surface area (Å²) in [6, 6.07) is 0. The standard InChI is InChI=1S/C12H18N4S2/c1-4-10-11(5-13-2)18-12(15-10)16(3)6-9-7-17-8-14-9/h7-8,13H,4-6H2,1-3H3. The maximum absolute atomic E-state index is 4.71. The number of anilines is 1. The molecule has 2 heterocycles. The molecule has 0 amide bonds. The van der Waals surface area contributed by atoms with Gasteiger partial charge >= 0.3 is 0 Å². The summed E-state index contributed by atoms with van der Waals surface area (Å²) in [5.41, 5.74) is 4.18. The van der Waals surface area contributed by atoms with Gasteiger partial charge in [0.15, 0.2) is 5.13 Å². The second-order valence-corrected chi connectivity index (χ2v) is 5.87. The summed E-state index contributed by atoms with van der Waals surface area (Å²) in [5.74, 6) is 0. The lowest BCUT2D eigenvalue weighted by molar-refractivity contribution is 0.813. The fourth-order valence-electron chi connectivity index (χ4n) is 1.73. The Balaban J connectivity index is 2.12. The Kier molecular flexibility index (Phi) is 4.68. The number of rotatable bonds is 6. The molecule has 0 aliphatic rings. The van der Waals surface area contributed by atoms with Crippen molar-refractivity contribution in [2.75, 3.05) is 19.0 Å². The van der Waals surface area contributed by atoms with Crippen LogP contribution < -0.4 is 10.2 Å². The summed E-state index contributed by atoms with van der Waals surface area (Å²) in [4.78, 5) is 12.5. The minimum Gasteiger partial charge on any atom is -0.345 e. The van der Waals surface area contributed by atoms with Crippen LogP contribution in [0, 0.1) is 0 Å². The van der Waals surface area contributed by atoms with Crippen LogP contribution >= 0.6 is 22.7 Å². The van der Waals surface area contributed by atoms with Crippen molar-refractivity contribution < 1.29 is 0 Å². The van der Waals surface area contributed by atoms with Crippen molar-refractivity contribution in [2.45, 2.75) is 26.4 Å². The lowest BCUT2D eigenvalue weighted by atomic mass is 10.3. The van der Waals surface area contributed by atoms with Crippen molar-refractivity contribution in [1.82, 2.24) is 15.3 Å². The highest BCUT2D eigenvalue weighted by atomic mass is 32.1. The molecule has 0 aliphatic heterocycles. The van der Waals surface area contributed by atoms with E-state index in [9.17, 15) is 0 Å². The highest BCUT2D eigenvalue weighted by Gasteiger charge is 2.13. The third kappa shape index (κ3) is 3.07. The molecule has 0 atom stereocenters. The maximum Gasteiger partial charge on any atom is 0.185 e. The topological polar surface area (TPSA) is 41.1 Å². The van der Waals surface area contributed by atoms with Crippen LogP contribution in [0.4, 0.5) is 5.13 Å². The Hall–Kier alpha value is -0.980. The number of hydrogen-bond acceptors (Lipinski definition) is 6. The summed E-state index contributed by atoms with van der Waals surface area (Å²) in [6.45, 7) is 3.86. The molecule has 0 aliphatic carbocycles. The van der Waals surface area contributed by atoms with E-state index in [1.807, 2.05) is 12.6 Å². The zero-order valence-electron chi connectivity index (χ0n) is 10.9. The quantitative estimate of drug-likeness (QED) is 0.884. The molecule has 0 radical (unpaired) electrons. The van der Waals surface area contributed by atoms with Crippen molar-refractivity contribution in [3.8, 4) is 0 Å². The summed E-state index contributed by atoms with van der Waals surface area (Å²) < 4.78 is 0. The molecule has 2 aromatic rings. The van der Waals surface area contributed by atoms with Gasteiger partial charge in [-0.1, -0.05) is 6.92 Å². The smallest absolute Gasteiger partial charge is 0.185 e. The van der Waals surface area contributed by atoms with Gasteiger partial charge in [0.25, 0.3) is 0 Å². The number of thiazole rings is 2. The number of nitrogens with zero attached hydrogens (tertiary/aromatic N) is 3. The normalized spacial score (nSPS) is 10.8. The maximum atomic E-state index is 4.71. The molecule has 0 spiro atoms. The lowest BCUT2D eigenvalue weighted by Crippen LogP contribution is -2.16. The van der Waals surface area contributed by atoms with Gasteiger partial charge < -0.3 is 10.2 Å². The van der Waals surface area contributed by atoms with Crippen molar-refractivity contribution in [3.05, 3.63) is 27.2 Å². The van der Waals surface area contributed by atoms with E-state index >= 15 is 0 Å². The van der Waals surface area contributed by atoms with Gasteiger partial charge in [0.2, 0.25) is 0 Å². The van der Waals surface area contributed by atoms with E-state index in [0.29, 0.717) is 0 Å². The summed E-state index contributed by atoms with van der Waals surface area (Å²) in [6.07, 6.45) is 0.984. The molecule has 6 heteroatoms. The van der Waals surface area contributed by atoms with Crippen molar-refractivity contribution in [3.63, 3.8) is 0 Å². The third-order valence-electron chi connectivity index (χ3n) is 2.65. The van der Waals surface area contributed by atoms with Crippen LogP contribution in [0.3, 0.4) is 0 Å². The number of aryl methyl sites for hydroxylation is 1. The average Bonchev–Trinajstić information content (AvgIpc) is 2.98. The van der Waals surface area contributed by atoms with Crippen LogP contribution in [0.2, 0.25) is 0 Å². The van der Waals surface area contributed by atoms with Gasteiger partial charge in [-0.15, -0.1) is 22.7 Å². The lowest BCUT2D eigenvalue weighted by Gasteiger charge is -2.13. The molecule has 2 rings (SSSR count). The Labute approximate surface area is 116 Å². The molecule has 0 saturated heterocycles. The van der Waals surface area contributed by atoms with E-state index in [0.717, 1.165) is 30.3 Å². The highest BCUT2D eigenvalue weighted by Crippen LogP contribution is 2.27. The zero-order chi connectivity index (χ0) is 13.0. The van der Waals surface area contributed by atoms with Crippen molar-refractivity contribution in [1.29, 1.82) is 0 Å². The monoisotopic (exact) mass is 282 g/mol. The molecule has 98 valence electrons. The zero-order valence-corrected chi connectivity index (χ0v) is 12.6. The van der Waals surface area contributed by atoms with Gasteiger partial charge in [0.1, 0.15) is 0 Å². The molecule has 0 bridgehead atoms. The number of aromatic nitrogens is 2. The molecule has 0 unspecified atom stereocenters. The van der Waals surface area contributed by atoms with Crippen LogP contribution in [-0.2, 0) is 19.5 Å². The molecule has 2 aromatic heterocycles. The minimum atomic E-state index is 0.819. The first-order valence-electron chi connectivity index (χ1n) is 5.96. The number of hydrogen-bond donors (Lipinski definition) is 1. The van der Waals surface area contributed by atoms with E-state index in [-0.39, 0.29) is 0 Å². The first-order valence-corrected chi connectivity index (χ1v) is 7.72. The van der Waals surface area contributed by atoms with E-state index in [2.05, 4.69) is 34.6 Å². The summed E-state index contributed by atoms with van der Waals surface area (Å²) in [7, 11) is 4.04. The van der Waals surface area contributed by atoms with Gasteiger partial charge in [-0.2, -0.15) is 0 Å². The molecule has 0 fully saturated rings. The van der Waals surface area contributed by atoms with Crippen LogP contribution in [0.25, 0.3) is 0 Å². The predicted molar refractivity (Wildman–Crippen MR) is 78.5 cm³/mol. The second kappa shape index (κ2) is 6.26.